The summed E-state index contributed by atoms with van der Waals surface area (Å²) in [6.45, 7) is 0.771. The lowest BCUT2D eigenvalue weighted by atomic mass is 9.95. The van der Waals surface area contributed by atoms with Crippen LogP contribution in [0.1, 0.15) is 6.42 Å². The minimum atomic E-state index is -0.678. The first-order valence-electron chi connectivity index (χ1n) is 7.54. The minimum Gasteiger partial charge on any atom is -0.396 e. The predicted octanol–water partition coefficient (Wildman–Crippen LogP) is 2.72. The first-order valence-corrected chi connectivity index (χ1v) is 7.91. The van der Waals surface area contributed by atoms with Crippen LogP contribution in [0, 0.1) is 11.7 Å². The molecule has 0 saturated carbocycles. The van der Waals surface area contributed by atoms with E-state index in [9.17, 15) is 14.6 Å². The number of nitrogens with zero attached hydrogens (tertiary/aromatic N) is 2. The van der Waals surface area contributed by atoms with E-state index in [1.165, 1.54) is 6.07 Å². The van der Waals surface area contributed by atoms with Gasteiger partial charge in [0.05, 0.1) is 6.10 Å². The standard InChI is InChI=1S/C17H18ClFN2O2/c18-14-3-1-2-11(6-14)13-7-15(19)17(20-8-13)21-5-4-12(10-22)16(23)9-21/h1-3,6-8,12,16,22-23H,4-5,9-10H2. The largest absolute Gasteiger partial charge is 0.396 e. The maximum absolute atomic E-state index is 14.5. The van der Waals surface area contributed by atoms with Gasteiger partial charge in [0.25, 0.3) is 0 Å². The van der Waals surface area contributed by atoms with Gasteiger partial charge in [-0.25, -0.2) is 9.37 Å². The molecule has 0 aliphatic carbocycles. The molecule has 3 rings (SSSR count). The number of rotatable bonds is 3. The molecule has 1 aromatic carbocycles. The van der Waals surface area contributed by atoms with Gasteiger partial charge >= 0.3 is 0 Å². The third-order valence-corrected chi connectivity index (χ3v) is 4.47. The van der Waals surface area contributed by atoms with Crippen molar-refractivity contribution in [2.24, 2.45) is 5.92 Å². The summed E-state index contributed by atoms with van der Waals surface area (Å²) in [5, 5.41) is 19.8. The normalized spacial score (nSPS) is 21.5. The van der Waals surface area contributed by atoms with Crippen LogP contribution in [0.4, 0.5) is 10.2 Å². The van der Waals surface area contributed by atoms with E-state index in [4.69, 9.17) is 11.6 Å². The molecule has 0 spiro atoms. The summed E-state index contributed by atoms with van der Waals surface area (Å²) in [6.07, 6.45) is 1.53. The van der Waals surface area contributed by atoms with E-state index in [1.54, 1.807) is 29.3 Å². The topological polar surface area (TPSA) is 56.6 Å². The number of β-amino-alcohol motifs (C(OH)–C–C–N with tert-alkyl or cyclic N) is 1. The Morgan fingerprint density at radius 1 is 1.30 bits per heavy atom. The van der Waals surface area contributed by atoms with Gasteiger partial charge in [-0.1, -0.05) is 23.7 Å². The Labute approximate surface area is 139 Å². The quantitative estimate of drug-likeness (QED) is 0.905. The average molecular weight is 337 g/mol. The van der Waals surface area contributed by atoms with E-state index >= 15 is 0 Å². The molecule has 1 aliphatic heterocycles. The van der Waals surface area contributed by atoms with Gasteiger partial charge in [0, 0.05) is 42.4 Å². The Hall–Kier alpha value is -1.69. The first-order chi connectivity index (χ1) is 11.1. The van der Waals surface area contributed by atoms with Crippen LogP contribution in [0.15, 0.2) is 36.5 Å². The molecule has 1 saturated heterocycles. The van der Waals surface area contributed by atoms with Gasteiger partial charge in [0.15, 0.2) is 11.6 Å². The summed E-state index contributed by atoms with van der Waals surface area (Å²) in [7, 11) is 0. The lowest BCUT2D eigenvalue weighted by molar-refractivity contribution is 0.0544. The van der Waals surface area contributed by atoms with Crippen LogP contribution in [0.2, 0.25) is 5.02 Å². The molecule has 1 fully saturated rings. The van der Waals surface area contributed by atoms with Crippen LogP contribution in [0.5, 0.6) is 0 Å². The second-order valence-corrected chi connectivity index (χ2v) is 6.22. The zero-order chi connectivity index (χ0) is 16.4. The van der Waals surface area contributed by atoms with Gasteiger partial charge in [-0.3, -0.25) is 0 Å². The molecule has 23 heavy (non-hydrogen) atoms. The fourth-order valence-corrected chi connectivity index (χ4v) is 3.07. The fourth-order valence-electron chi connectivity index (χ4n) is 2.87. The maximum Gasteiger partial charge on any atom is 0.166 e. The predicted molar refractivity (Wildman–Crippen MR) is 88.1 cm³/mol. The number of pyridine rings is 1. The molecule has 4 nitrogen and oxygen atoms in total. The van der Waals surface area contributed by atoms with Crippen molar-refractivity contribution in [2.45, 2.75) is 12.5 Å². The number of aromatic nitrogens is 1. The molecule has 0 amide bonds. The van der Waals surface area contributed by atoms with Gasteiger partial charge < -0.3 is 15.1 Å². The Bertz CT molecular complexity index is 698. The van der Waals surface area contributed by atoms with E-state index in [0.717, 1.165) is 5.56 Å². The number of anilines is 1. The molecule has 122 valence electrons. The van der Waals surface area contributed by atoms with Crippen molar-refractivity contribution in [1.82, 2.24) is 4.98 Å². The molecule has 6 heteroatoms. The molecule has 2 N–H and O–H groups in total. The van der Waals surface area contributed by atoms with Crippen LogP contribution in [0.3, 0.4) is 0 Å². The lowest BCUT2D eigenvalue weighted by Gasteiger charge is -2.35. The van der Waals surface area contributed by atoms with Crippen molar-refractivity contribution in [3.63, 3.8) is 0 Å². The molecule has 0 radical (unpaired) electrons. The smallest absolute Gasteiger partial charge is 0.166 e. The molecule has 1 aliphatic rings. The Morgan fingerprint density at radius 3 is 2.78 bits per heavy atom. The number of halogens is 2. The van der Waals surface area contributed by atoms with E-state index in [2.05, 4.69) is 4.98 Å². The van der Waals surface area contributed by atoms with Gasteiger partial charge in [-0.2, -0.15) is 0 Å². The van der Waals surface area contributed by atoms with Crippen molar-refractivity contribution in [3.8, 4) is 11.1 Å². The summed E-state index contributed by atoms with van der Waals surface area (Å²) in [5.41, 5.74) is 1.45. The van der Waals surface area contributed by atoms with Crippen LogP contribution < -0.4 is 4.90 Å². The fraction of sp³-hybridized carbons (Fsp3) is 0.353. The SMILES string of the molecule is OCC1CCN(c2ncc(-c3cccc(Cl)c3)cc2F)CC1O. The number of hydrogen-bond acceptors (Lipinski definition) is 4. The third-order valence-electron chi connectivity index (χ3n) is 4.24. The van der Waals surface area contributed by atoms with Crippen molar-refractivity contribution >= 4 is 17.4 Å². The molecule has 2 aromatic rings. The Balaban J connectivity index is 1.83. The monoisotopic (exact) mass is 336 g/mol. The van der Waals surface area contributed by atoms with Crippen LogP contribution in [-0.4, -0.2) is 41.0 Å². The number of piperidine rings is 1. The van der Waals surface area contributed by atoms with Crippen molar-refractivity contribution in [3.05, 3.63) is 47.4 Å². The van der Waals surface area contributed by atoms with Crippen LogP contribution in [0.25, 0.3) is 11.1 Å². The minimum absolute atomic E-state index is 0.0569. The number of hydrogen-bond donors (Lipinski definition) is 2. The highest BCUT2D eigenvalue weighted by Gasteiger charge is 2.29. The molecular weight excluding hydrogens is 319 g/mol. The maximum atomic E-state index is 14.5. The Kier molecular flexibility index (Phi) is 4.80. The molecule has 0 bridgehead atoms. The highest BCUT2D eigenvalue weighted by Crippen LogP contribution is 2.28. The number of aliphatic hydroxyl groups excluding tert-OH is 2. The lowest BCUT2D eigenvalue weighted by Crippen LogP contribution is -2.45. The van der Waals surface area contributed by atoms with Crippen molar-refractivity contribution in [1.29, 1.82) is 0 Å². The van der Waals surface area contributed by atoms with Gasteiger partial charge in [0.2, 0.25) is 0 Å². The van der Waals surface area contributed by atoms with Crippen LogP contribution in [-0.2, 0) is 0 Å². The zero-order valence-corrected chi connectivity index (χ0v) is 13.2. The second kappa shape index (κ2) is 6.83. The van der Waals surface area contributed by atoms with Crippen LogP contribution >= 0.6 is 11.6 Å². The summed E-state index contributed by atoms with van der Waals surface area (Å²) in [6, 6.07) is 8.60. The van der Waals surface area contributed by atoms with E-state index in [1.807, 2.05) is 6.07 Å². The second-order valence-electron chi connectivity index (χ2n) is 5.78. The van der Waals surface area contributed by atoms with Crippen molar-refractivity contribution in [2.75, 3.05) is 24.6 Å². The molecule has 2 atom stereocenters. The summed E-state index contributed by atoms with van der Waals surface area (Å²) < 4.78 is 14.5. The van der Waals surface area contributed by atoms with E-state index in [0.29, 0.717) is 23.6 Å². The van der Waals surface area contributed by atoms with Gasteiger partial charge in [-0.15, -0.1) is 0 Å². The molecule has 2 heterocycles. The summed E-state index contributed by atoms with van der Waals surface area (Å²) >= 11 is 5.96. The summed E-state index contributed by atoms with van der Waals surface area (Å²) in [5.74, 6) is -0.358. The highest BCUT2D eigenvalue weighted by atomic mass is 35.5. The number of benzene rings is 1. The first kappa shape index (κ1) is 16.2. The average Bonchev–Trinajstić information content (AvgIpc) is 2.54. The molecular formula is C17H18ClFN2O2. The summed E-state index contributed by atoms with van der Waals surface area (Å²) in [4.78, 5) is 5.94. The Morgan fingerprint density at radius 2 is 2.13 bits per heavy atom. The van der Waals surface area contributed by atoms with E-state index in [-0.39, 0.29) is 24.9 Å². The zero-order valence-electron chi connectivity index (χ0n) is 12.5. The third kappa shape index (κ3) is 3.47. The van der Waals surface area contributed by atoms with Gasteiger partial charge in [-0.05, 0) is 30.2 Å². The highest BCUT2D eigenvalue weighted by molar-refractivity contribution is 6.30. The van der Waals surface area contributed by atoms with E-state index < -0.39 is 11.9 Å². The van der Waals surface area contributed by atoms with Crippen molar-refractivity contribution < 1.29 is 14.6 Å². The number of aliphatic hydroxyl groups is 2. The molecule has 2 unspecified atom stereocenters. The molecule has 1 aromatic heterocycles. The van der Waals surface area contributed by atoms with Gasteiger partial charge in [0.1, 0.15) is 0 Å².